The number of carbonyl (C=O) groups is 1. The quantitative estimate of drug-likeness (QED) is 0.792. The first-order chi connectivity index (χ1) is 11.4. The molecule has 0 aliphatic heterocycles. The van der Waals surface area contributed by atoms with Crippen molar-refractivity contribution >= 4 is 27.5 Å². The fourth-order valence-corrected chi connectivity index (χ4v) is 2.63. The number of methoxy groups -OCH3 is 1. The van der Waals surface area contributed by atoms with Crippen molar-refractivity contribution in [3.05, 3.63) is 58.1 Å². The lowest BCUT2D eigenvalue weighted by atomic mass is 10.1. The molecule has 0 heterocycles. The molecule has 24 heavy (non-hydrogen) atoms. The van der Waals surface area contributed by atoms with Crippen LogP contribution in [0.2, 0.25) is 0 Å². The van der Waals surface area contributed by atoms with Crippen molar-refractivity contribution in [3.63, 3.8) is 0 Å². The first kappa shape index (κ1) is 18.3. The van der Waals surface area contributed by atoms with Crippen molar-refractivity contribution in [1.82, 2.24) is 5.32 Å². The second kappa shape index (κ2) is 8.17. The molecule has 2 aromatic carbocycles. The van der Waals surface area contributed by atoms with Gasteiger partial charge in [0.25, 0.3) is 5.91 Å². The second-order valence-electron chi connectivity index (χ2n) is 5.56. The highest BCUT2D eigenvalue weighted by molar-refractivity contribution is 9.10. The fraction of sp³-hybridized carbons (Fsp3) is 0.278. The van der Waals surface area contributed by atoms with Gasteiger partial charge >= 0.3 is 0 Å². The number of rotatable bonds is 6. The van der Waals surface area contributed by atoms with Crippen molar-refractivity contribution in [3.8, 4) is 5.75 Å². The normalized spacial score (nSPS) is 11.7. The van der Waals surface area contributed by atoms with Gasteiger partial charge in [-0.15, -0.1) is 0 Å². The van der Waals surface area contributed by atoms with Crippen molar-refractivity contribution in [2.45, 2.75) is 6.10 Å². The Balaban J connectivity index is 2.00. The average Bonchev–Trinajstić information content (AvgIpc) is 2.59. The number of anilines is 1. The molecule has 0 fully saturated rings. The summed E-state index contributed by atoms with van der Waals surface area (Å²) < 4.78 is 5.80. The molecule has 5 nitrogen and oxygen atoms in total. The van der Waals surface area contributed by atoms with E-state index in [9.17, 15) is 9.90 Å². The van der Waals surface area contributed by atoms with Crippen LogP contribution in [0.1, 0.15) is 22.0 Å². The Morgan fingerprint density at radius 2 is 1.92 bits per heavy atom. The molecule has 1 amide bonds. The molecular weight excluding hydrogens is 372 g/mol. The van der Waals surface area contributed by atoms with E-state index in [0.717, 1.165) is 11.3 Å². The second-order valence-corrected chi connectivity index (χ2v) is 6.41. The van der Waals surface area contributed by atoms with Gasteiger partial charge in [0.05, 0.1) is 18.8 Å². The minimum absolute atomic E-state index is 0.129. The number of aliphatic hydroxyl groups is 1. The van der Waals surface area contributed by atoms with Gasteiger partial charge in [0, 0.05) is 30.8 Å². The lowest BCUT2D eigenvalue weighted by molar-refractivity contribution is 0.0915. The highest BCUT2D eigenvalue weighted by Gasteiger charge is 2.14. The summed E-state index contributed by atoms with van der Waals surface area (Å²) in [6.07, 6.45) is -0.769. The average molecular weight is 393 g/mol. The Kier molecular flexibility index (Phi) is 6.23. The van der Waals surface area contributed by atoms with Crippen LogP contribution in [-0.2, 0) is 0 Å². The van der Waals surface area contributed by atoms with E-state index < -0.39 is 6.10 Å². The number of nitrogens with one attached hydrogen (secondary N) is 1. The Bertz CT molecular complexity index is 702. The van der Waals surface area contributed by atoms with Crippen LogP contribution in [-0.4, -0.2) is 38.8 Å². The molecule has 0 saturated carbocycles. The summed E-state index contributed by atoms with van der Waals surface area (Å²) in [7, 11) is 5.46. The zero-order valence-electron chi connectivity index (χ0n) is 13.9. The maximum atomic E-state index is 12.3. The monoisotopic (exact) mass is 392 g/mol. The molecule has 1 unspecified atom stereocenters. The standard InChI is InChI=1S/C18H21BrN2O3/c1-21(2)13-6-4-12(5-7-13)17(22)11-20-18(23)15-10-14(24-3)8-9-16(15)19/h4-10,17,22H,11H2,1-3H3,(H,20,23). The first-order valence-corrected chi connectivity index (χ1v) is 8.28. The largest absolute Gasteiger partial charge is 0.497 e. The first-order valence-electron chi connectivity index (χ1n) is 7.49. The van der Waals surface area contributed by atoms with Crippen molar-refractivity contribution in [2.75, 3.05) is 32.6 Å². The molecule has 2 rings (SSSR count). The van der Waals surface area contributed by atoms with E-state index >= 15 is 0 Å². The minimum Gasteiger partial charge on any atom is -0.497 e. The highest BCUT2D eigenvalue weighted by atomic mass is 79.9. The third kappa shape index (κ3) is 4.49. The number of hydrogen-bond acceptors (Lipinski definition) is 4. The summed E-state index contributed by atoms with van der Waals surface area (Å²) in [6, 6.07) is 12.7. The van der Waals surface area contributed by atoms with E-state index in [4.69, 9.17) is 4.74 Å². The number of aliphatic hydroxyl groups excluding tert-OH is 1. The Morgan fingerprint density at radius 1 is 1.25 bits per heavy atom. The van der Waals surface area contributed by atoms with Crippen LogP contribution in [0.25, 0.3) is 0 Å². The Hall–Kier alpha value is -2.05. The highest BCUT2D eigenvalue weighted by Crippen LogP contribution is 2.23. The van der Waals surface area contributed by atoms with Crippen LogP contribution >= 0.6 is 15.9 Å². The molecule has 2 N–H and O–H groups in total. The van der Waals surface area contributed by atoms with Gasteiger partial charge in [-0.05, 0) is 51.8 Å². The van der Waals surface area contributed by atoms with E-state index in [1.807, 2.05) is 43.3 Å². The molecule has 128 valence electrons. The molecule has 0 aliphatic carbocycles. The number of amides is 1. The van der Waals surface area contributed by atoms with E-state index in [-0.39, 0.29) is 12.5 Å². The van der Waals surface area contributed by atoms with Gasteiger partial charge in [0.2, 0.25) is 0 Å². The molecule has 0 bridgehead atoms. The summed E-state index contributed by atoms with van der Waals surface area (Å²) in [5.74, 6) is 0.327. The van der Waals surface area contributed by atoms with Crippen LogP contribution in [0.3, 0.4) is 0 Å². The molecule has 0 radical (unpaired) electrons. The van der Waals surface area contributed by atoms with Gasteiger partial charge in [-0.25, -0.2) is 0 Å². The van der Waals surface area contributed by atoms with Crippen LogP contribution in [0, 0.1) is 0 Å². The zero-order valence-corrected chi connectivity index (χ0v) is 15.5. The van der Waals surface area contributed by atoms with Gasteiger partial charge < -0.3 is 20.1 Å². The van der Waals surface area contributed by atoms with Crippen LogP contribution in [0.4, 0.5) is 5.69 Å². The number of halogens is 1. The SMILES string of the molecule is COc1ccc(Br)c(C(=O)NCC(O)c2ccc(N(C)C)cc2)c1. The van der Waals surface area contributed by atoms with E-state index in [0.29, 0.717) is 15.8 Å². The summed E-state index contributed by atoms with van der Waals surface area (Å²) in [5.41, 5.74) is 2.27. The molecule has 6 heteroatoms. The zero-order chi connectivity index (χ0) is 17.7. The Labute approximate surface area is 150 Å². The molecule has 0 aromatic heterocycles. The third-order valence-corrected chi connectivity index (χ3v) is 4.36. The maximum Gasteiger partial charge on any atom is 0.252 e. The summed E-state index contributed by atoms with van der Waals surface area (Å²) in [4.78, 5) is 14.3. The van der Waals surface area contributed by atoms with E-state index in [1.54, 1.807) is 25.3 Å². The van der Waals surface area contributed by atoms with Gasteiger partial charge in [0.1, 0.15) is 5.75 Å². The third-order valence-electron chi connectivity index (χ3n) is 3.67. The van der Waals surface area contributed by atoms with Crippen molar-refractivity contribution < 1.29 is 14.6 Å². The van der Waals surface area contributed by atoms with Gasteiger partial charge in [-0.2, -0.15) is 0 Å². The Morgan fingerprint density at radius 3 is 2.50 bits per heavy atom. The molecule has 1 atom stereocenters. The van der Waals surface area contributed by atoms with Crippen LogP contribution in [0.5, 0.6) is 5.75 Å². The van der Waals surface area contributed by atoms with E-state index in [1.165, 1.54) is 0 Å². The van der Waals surface area contributed by atoms with Gasteiger partial charge in [-0.1, -0.05) is 12.1 Å². The summed E-state index contributed by atoms with van der Waals surface area (Å²) in [6.45, 7) is 0.129. The minimum atomic E-state index is -0.769. The summed E-state index contributed by atoms with van der Waals surface area (Å²) in [5, 5.41) is 13.0. The summed E-state index contributed by atoms with van der Waals surface area (Å²) >= 11 is 3.35. The maximum absolute atomic E-state index is 12.3. The predicted molar refractivity (Wildman–Crippen MR) is 98.8 cm³/mol. The number of carbonyl (C=O) groups excluding carboxylic acids is 1. The number of nitrogens with zero attached hydrogens (tertiary/aromatic N) is 1. The molecule has 2 aromatic rings. The lowest BCUT2D eigenvalue weighted by Gasteiger charge is -2.16. The van der Waals surface area contributed by atoms with Crippen LogP contribution < -0.4 is 15.0 Å². The number of ether oxygens (including phenoxy) is 1. The van der Waals surface area contributed by atoms with Crippen LogP contribution in [0.15, 0.2) is 46.9 Å². The van der Waals surface area contributed by atoms with Crippen molar-refractivity contribution in [2.24, 2.45) is 0 Å². The smallest absolute Gasteiger partial charge is 0.252 e. The number of benzene rings is 2. The number of hydrogen-bond donors (Lipinski definition) is 2. The van der Waals surface area contributed by atoms with Gasteiger partial charge in [-0.3, -0.25) is 4.79 Å². The molecule has 0 spiro atoms. The van der Waals surface area contributed by atoms with Gasteiger partial charge in [0.15, 0.2) is 0 Å². The molecule has 0 aliphatic rings. The van der Waals surface area contributed by atoms with E-state index in [2.05, 4.69) is 21.2 Å². The predicted octanol–water partition coefficient (Wildman–Crippen LogP) is 2.99. The van der Waals surface area contributed by atoms with Crippen molar-refractivity contribution in [1.29, 1.82) is 0 Å². The topological polar surface area (TPSA) is 61.8 Å². The fourth-order valence-electron chi connectivity index (χ4n) is 2.20. The lowest BCUT2D eigenvalue weighted by Crippen LogP contribution is -2.28. The molecular formula is C18H21BrN2O3. The molecule has 0 saturated heterocycles.